The zero-order valence-electron chi connectivity index (χ0n) is 9.87. The highest BCUT2D eigenvalue weighted by Gasteiger charge is 2.06. The van der Waals surface area contributed by atoms with Crippen LogP contribution in [0.2, 0.25) is 0 Å². The monoisotopic (exact) mass is 247 g/mol. The first-order valence-corrected chi connectivity index (χ1v) is 5.43. The predicted octanol–water partition coefficient (Wildman–Crippen LogP) is 0.563. The lowest BCUT2D eigenvalue weighted by Crippen LogP contribution is -2.11. The number of hydrogen-bond acceptors (Lipinski definition) is 5. The summed E-state index contributed by atoms with van der Waals surface area (Å²) in [6, 6.07) is 1.93. The molecular formula is C11H13N5O2. The minimum absolute atomic E-state index is 0.0690. The maximum Gasteiger partial charge on any atom is 0.356 e. The van der Waals surface area contributed by atoms with E-state index in [-0.39, 0.29) is 5.69 Å². The average Bonchev–Trinajstić information content (AvgIpc) is 2.76. The molecular weight excluding hydrogens is 234 g/mol. The molecule has 0 aliphatic heterocycles. The molecule has 0 radical (unpaired) electrons. The van der Waals surface area contributed by atoms with E-state index in [1.165, 1.54) is 12.4 Å². The second-order valence-corrected chi connectivity index (χ2v) is 3.72. The molecule has 7 nitrogen and oxygen atoms in total. The van der Waals surface area contributed by atoms with Gasteiger partial charge in [0, 0.05) is 31.9 Å². The van der Waals surface area contributed by atoms with Gasteiger partial charge in [0.25, 0.3) is 0 Å². The van der Waals surface area contributed by atoms with Crippen LogP contribution in [0.5, 0.6) is 0 Å². The molecule has 2 heterocycles. The number of nitrogens with one attached hydrogen (secondary N) is 1. The molecule has 0 unspecified atom stereocenters. The van der Waals surface area contributed by atoms with Crippen molar-refractivity contribution in [3.8, 4) is 0 Å². The Morgan fingerprint density at radius 2 is 2.33 bits per heavy atom. The molecule has 2 aromatic heterocycles. The van der Waals surface area contributed by atoms with Crippen LogP contribution in [-0.4, -0.2) is 37.4 Å². The zero-order chi connectivity index (χ0) is 13.0. The summed E-state index contributed by atoms with van der Waals surface area (Å²) in [5, 5.41) is 15.9. The molecule has 0 aliphatic carbocycles. The summed E-state index contributed by atoms with van der Waals surface area (Å²) in [5.41, 5.74) is 1.02. The largest absolute Gasteiger partial charge is 0.476 e. The van der Waals surface area contributed by atoms with Crippen LogP contribution in [-0.2, 0) is 13.5 Å². The van der Waals surface area contributed by atoms with Crippen LogP contribution in [0, 0.1) is 0 Å². The fourth-order valence-electron chi connectivity index (χ4n) is 1.52. The van der Waals surface area contributed by atoms with E-state index in [0.717, 1.165) is 12.1 Å². The lowest BCUT2D eigenvalue weighted by molar-refractivity contribution is 0.0690. The van der Waals surface area contributed by atoms with Crippen LogP contribution in [0.3, 0.4) is 0 Å². The van der Waals surface area contributed by atoms with Gasteiger partial charge < -0.3 is 10.4 Å². The fraction of sp³-hybridized carbons (Fsp3) is 0.273. The highest BCUT2D eigenvalue weighted by molar-refractivity contribution is 5.85. The molecule has 0 saturated carbocycles. The third kappa shape index (κ3) is 2.82. The molecule has 18 heavy (non-hydrogen) atoms. The summed E-state index contributed by atoms with van der Waals surface area (Å²) in [6.45, 7) is 0.636. The summed E-state index contributed by atoms with van der Waals surface area (Å²) in [7, 11) is 1.88. The van der Waals surface area contributed by atoms with Gasteiger partial charge in [0.05, 0.1) is 12.4 Å². The van der Waals surface area contributed by atoms with Gasteiger partial charge in [-0.15, -0.1) is 0 Å². The van der Waals surface area contributed by atoms with E-state index >= 15 is 0 Å². The fourth-order valence-corrected chi connectivity index (χ4v) is 1.52. The van der Waals surface area contributed by atoms with Crippen LogP contribution < -0.4 is 5.32 Å². The zero-order valence-corrected chi connectivity index (χ0v) is 9.87. The highest BCUT2D eigenvalue weighted by Crippen LogP contribution is 2.03. The van der Waals surface area contributed by atoms with E-state index < -0.39 is 5.97 Å². The number of nitrogens with zero attached hydrogens (tertiary/aromatic N) is 4. The first-order chi connectivity index (χ1) is 8.66. The lowest BCUT2D eigenvalue weighted by atomic mass is 10.3. The summed E-state index contributed by atoms with van der Waals surface area (Å²) in [6.07, 6.45) is 5.22. The summed E-state index contributed by atoms with van der Waals surface area (Å²) >= 11 is 0. The maximum absolute atomic E-state index is 10.7. The molecule has 0 aromatic carbocycles. The summed E-state index contributed by atoms with van der Waals surface area (Å²) in [5.74, 6) is -0.630. The third-order valence-electron chi connectivity index (χ3n) is 2.46. The SMILES string of the molecule is Cn1nccc1CCNc1cncc(C(=O)O)n1. The van der Waals surface area contributed by atoms with E-state index in [1.54, 1.807) is 10.9 Å². The summed E-state index contributed by atoms with van der Waals surface area (Å²) in [4.78, 5) is 18.5. The first-order valence-electron chi connectivity index (χ1n) is 5.43. The normalized spacial score (nSPS) is 10.3. The Morgan fingerprint density at radius 3 is 3.00 bits per heavy atom. The Balaban J connectivity index is 1.92. The van der Waals surface area contributed by atoms with Gasteiger partial charge in [-0.05, 0) is 6.07 Å². The van der Waals surface area contributed by atoms with Crippen LogP contribution in [0.15, 0.2) is 24.7 Å². The number of anilines is 1. The molecule has 94 valence electrons. The Bertz CT molecular complexity index is 552. The quantitative estimate of drug-likeness (QED) is 0.802. The molecule has 0 amide bonds. The number of aromatic nitrogens is 4. The minimum Gasteiger partial charge on any atom is -0.476 e. The van der Waals surface area contributed by atoms with Gasteiger partial charge in [0.2, 0.25) is 0 Å². The van der Waals surface area contributed by atoms with Crippen molar-refractivity contribution in [1.82, 2.24) is 19.7 Å². The summed E-state index contributed by atoms with van der Waals surface area (Å²) < 4.78 is 1.79. The Hall–Kier alpha value is -2.44. The topological polar surface area (TPSA) is 92.9 Å². The molecule has 0 atom stereocenters. The second kappa shape index (κ2) is 5.26. The van der Waals surface area contributed by atoms with E-state index in [0.29, 0.717) is 12.4 Å². The molecule has 0 fully saturated rings. The van der Waals surface area contributed by atoms with Crippen LogP contribution in [0.4, 0.5) is 5.82 Å². The molecule has 7 heteroatoms. The molecule has 0 spiro atoms. The molecule has 2 rings (SSSR count). The van der Waals surface area contributed by atoms with Gasteiger partial charge in [0.1, 0.15) is 5.82 Å². The van der Waals surface area contributed by atoms with Crippen molar-refractivity contribution >= 4 is 11.8 Å². The first kappa shape index (κ1) is 12.0. The van der Waals surface area contributed by atoms with Crippen LogP contribution in [0.25, 0.3) is 0 Å². The van der Waals surface area contributed by atoms with Gasteiger partial charge in [0.15, 0.2) is 5.69 Å². The van der Waals surface area contributed by atoms with Gasteiger partial charge in [-0.2, -0.15) is 5.10 Å². The molecule has 0 bridgehead atoms. The minimum atomic E-state index is -1.09. The predicted molar refractivity (Wildman–Crippen MR) is 64.4 cm³/mol. The number of aromatic carboxylic acids is 1. The standard InChI is InChI=1S/C11H13N5O2/c1-16-8(3-5-14-16)2-4-13-10-7-12-6-9(15-10)11(17)18/h3,5-7H,2,4H2,1H3,(H,13,15)(H,17,18). The number of hydrogen-bond donors (Lipinski definition) is 2. The van der Waals surface area contributed by atoms with Crippen LogP contribution in [0.1, 0.15) is 16.2 Å². The lowest BCUT2D eigenvalue weighted by Gasteiger charge is -2.05. The number of rotatable bonds is 5. The highest BCUT2D eigenvalue weighted by atomic mass is 16.4. The van der Waals surface area contributed by atoms with Crippen molar-refractivity contribution in [3.63, 3.8) is 0 Å². The van der Waals surface area contributed by atoms with Gasteiger partial charge in [-0.25, -0.2) is 9.78 Å². The third-order valence-corrected chi connectivity index (χ3v) is 2.46. The van der Waals surface area contributed by atoms with E-state index in [9.17, 15) is 4.79 Å². The Kier molecular flexibility index (Phi) is 3.52. The Labute approximate surface area is 104 Å². The van der Waals surface area contributed by atoms with Crippen molar-refractivity contribution in [2.75, 3.05) is 11.9 Å². The molecule has 2 N–H and O–H groups in total. The molecule has 2 aromatic rings. The molecule has 0 aliphatic rings. The molecule has 0 saturated heterocycles. The van der Waals surface area contributed by atoms with E-state index in [4.69, 9.17) is 5.11 Å². The Morgan fingerprint density at radius 1 is 1.50 bits per heavy atom. The van der Waals surface area contributed by atoms with E-state index in [1.807, 2.05) is 13.1 Å². The van der Waals surface area contributed by atoms with Gasteiger partial charge in [-0.1, -0.05) is 0 Å². The van der Waals surface area contributed by atoms with Crippen molar-refractivity contribution < 1.29 is 9.90 Å². The number of aryl methyl sites for hydroxylation is 1. The smallest absolute Gasteiger partial charge is 0.356 e. The second-order valence-electron chi connectivity index (χ2n) is 3.72. The van der Waals surface area contributed by atoms with Crippen molar-refractivity contribution in [2.24, 2.45) is 7.05 Å². The van der Waals surface area contributed by atoms with E-state index in [2.05, 4.69) is 20.4 Å². The van der Waals surface area contributed by atoms with Crippen molar-refractivity contribution in [2.45, 2.75) is 6.42 Å². The average molecular weight is 247 g/mol. The van der Waals surface area contributed by atoms with Crippen molar-refractivity contribution in [1.29, 1.82) is 0 Å². The van der Waals surface area contributed by atoms with Crippen molar-refractivity contribution in [3.05, 3.63) is 36.0 Å². The van der Waals surface area contributed by atoms with Gasteiger partial charge >= 0.3 is 5.97 Å². The van der Waals surface area contributed by atoms with Crippen LogP contribution >= 0.6 is 0 Å². The maximum atomic E-state index is 10.7. The van der Waals surface area contributed by atoms with Gasteiger partial charge in [-0.3, -0.25) is 9.67 Å². The number of carboxylic acid groups (broad SMARTS) is 1. The number of carbonyl (C=O) groups is 1. The number of carboxylic acids is 1.